The lowest BCUT2D eigenvalue weighted by Crippen LogP contribution is -2.15. The molecule has 15 heavy (non-hydrogen) atoms. The van der Waals surface area contributed by atoms with Crippen molar-refractivity contribution >= 4 is 11.4 Å². The van der Waals surface area contributed by atoms with Gasteiger partial charge in [-0.25, -0.2) is 0 Å². The second kappa shape index (κ2) is 3.71. The summed E-state index contributed by atoms with van der Waals surface area (Å²) in [5.41, 5.74) is 3.41. The third-order valence-electron chi connectivity index (χ3n) is 1.58. The van der Waals surface area contributed by atoms with Gasteiger partial charge in [0.25, 0.3) is 0 Å². The first-order valence-corrected chi connectivity index (χ1v) is 3.76. The molecule has 0 unspecified atom stereocenters. The number of nitrogens with zero attached hydrogens (tertiary/aromatic N) is 2. The fourth-order valence-corrected chi connectivity index (χ4v) is 1.04. The number of hydrogen-bond acceptors (Lipinski definition) is 4. The molecule has 0 spiro atoms. The summed E-state index contributed by atoms with van der Waals surface area (Å²) in [5.74, 6) is 0. The molecule has 5 nitrogen and oxygen atoms in total. The summed E-state index contributed by atoms with van der Waals surface area (Å²) >= 11 is 0. The van der Waals surface area contributed by atoms with Gasteiger partial charge in [0.2, 0.25) is 0 Å². The zero-order chi connectivity index (χ0) is 11.6. The van der Waals surface area contributed by atoms with Crippen molar-refractivity contribution in [2.75, 3.05) is 5.73 Å². The van der Waals surface area contributed by atoms with Crippen LogP contribution < -0.4 is 5.73 Å². The van der Waals surface area contributed by atoms with Crippen molar-refractivity contribution in [3.8, 4) is 0 Å². The number of alkyl halides is 3. The maximum Gasteiger partial charge on any atom is 0.394 e. The average Bonchev–Trinajstić information content (AvgIpc) is 1.99. The SMILES string of the molecule is Nc1ccnc(CC(F)(F)F)c1[N+](=O)[O-]. The molecular formula is C7H6F3N3O2. The van der Waals surface area contributed by atoms with Crippen molar-refractivity contribution in [2.45, 2.75) is 12.6 Å². The van der Waals surface area contributed by atoms with Crippen LogP contribution in [0, 0.1) is 10.1 Å². The first-order chi connectivity index (χ1) is 6.81. The van der Waals surface area contributed by atoms with Crippen LogP contribution in [-0.4, -0.2) is 16.1 Å². The fraction of sp³-hybridized carbons (Fsp3) is 0.286. The second-order valence-electron chi connectivity index (χ2n) is 2.74. The number of nitrogen functional groups attached to an aromatic ring is 1. The predicted molar refractivity (Wildman–Crippen MR) is 45.1 cm³/mol. The molecular weight excluding hydrogens is 215 g/mol. The van der Waals surface area contributed by atoms with Crippen LogP contribution in [0.15, 0.2) is 12.3 Å². The standard InChI is InChI=1S/C7H6F3N3O2/c8-7(9,10)3-5-6(13(14)15)4(11)1-2-12-5/h1-2H,3H2,(H2,11,12). The summed E-state index contributed by atoms with van der Waals surface area (Å²) in [6.07, 6.45) is -5.01. The Balaban J connectivity index is 3.18. The summed E-state index contributed by atoms with van der Waals surface area (Å²) in [6, 6.07) is 1.08. The van der Waals surface area contributed by atoms with Gasteiger partial charge in [-0.15, -0.1) is 0 Å². The zero-order valence-electron chi connectivity index (χ0n) is 7.28. The Morgan fingerprint density at radius 1 is 1.53 bits per heavy atom. The van der Waals surface area contributed by atoms with Crippen molar-refractivity contribution < 1.29 is 18.1 Å². The van der Waals surface area contributed by atoms with E-state index >= 15 is 0 Å². The number of hydrogen-bond donors (Lipinski definition) is 1. The summed E-state index contributed by atoms with van der Waals surface area (Å²) < 4.78 is 36.0. The molecule has 0 aliphatic carbocycles. The third-order valence-corrected chi connectivity index (χ3v) is 1.58. The Hall–Kier alpha value is -1.86. The molecule has 0 atom stereocenters. The van der Waals surface area contributed by atoms with Crippen molar-refractivity contribution in [1.82, 2.24) is 4.98 Å². The Kier molecular flexibility index (Phi) is 2.78. The maximum atomic E-state index is 12.0. The maximum absolute atomic E-state index is 12.0. The number of anilines is 1. The normalized spacial score (nSPS) is 11.4. The molecule has 1 heterocycles. The second-order valence-corrected chi connectivity index (χ2v) is 2.74. The Labute approximate surface area is 81.9 Å². The van der Waals surface area contributed by atoms with E-state index in [0.717, 1.165) is 12.3 Å². The molecule has 0 bridgehead atoms. The molecule has 0 amide bonds. The number of nitro groups is 1. The predicted octanol–water partition coefficient (Wildman–Crippen LogP) is 1.68. The highest BCUT2D eigenvalue weighted by atomic mass is 19.4. The monoisotopic (exact) mass is 221 g/mol. The number of aromatic nitrogens is 1. The van der Waals surface area contributed by atoms with Crippen molar-refractivity contribution in [1.29, 1.82) is 0 Å². The van der Waals surface area contributed by atoms with E-state index in [0.29, 0.717) is 0 Å². The lowest BCUT2D eigenvalue weighted by Gasteiger charge is -2.06. The van der Waals surface area contributed by atoms with Crippen LogP contribution in [0.2, 0.25) is 0 Å². The van der Waals surface area contributed by atoms with Gasteiger partial charge in [0.1, 0.15) is 11.4 Å². The van der Waals surface area contributed by atoms with Gasteiger partial charge in [-0.05, 0) is 6.07 Å². The van der Waals surface area contributed by atoms with Gasteiger partial charge in [-0.2, -0.15) is 13.2 Å². The minimum absolute atomic E-state index is 0.325. The smallest absolute Gasteiger partial charge is 0.393 e. The van der Waals surface area contributed by atoms with Gasteiger partial charge >= 0.3 is 11.9 Å². The van der Waals surface area contributed by atoms with Gasteiger partial charge in [-0.1, -0.05) is 0 Å². The molecule has 0 aliphatic heterocycles. The fourth-order valence-electron chi connectivity index (χ4n) is 1.04. The van der Waals surface area contributed by atoms with Crippen LogP contribution in [-0.2, 0) is 6.42 Å². The first-order valence-electron chi connectivity index (χ1n) is 3.76. The molecule has 0 aliphatic rings. The summed E-state index contributed by atoms with van der Waals surface area (Å²) in [5, 5.41) is 10.4. The highest BCUT2D eigenvalue weighted by molar-refractivity contribution is 5.59. The van der Waals surface area contributed by atoms with E-state index in [4.69, 9.17) is 5.73 Å². The molecule has 8 heteroatoms. The van der Waals surface area contributed by atoms with Crippen LogP contribution in [0.5, 0.6) is 0 Å². The van der Waals surface area contributed by atoms with Gasteiger partial charge < -0.3 is 5.73 Å². The zero-order valence-corrected chi connectivity index (χ0v) is 7.28. The van der Waals surface area contributed by atoms with E-state index in [1.807, 2.05) is 0 Å². The highest BCUT2D eigenvalue weighted by Crippen LogP contribution is 2.29. The molecule has 0 aromatic carbocycles. The Bertz CT molecular complexity index is 392. The van der Waals surface area contributed by atoms with Gasteiger partial charge in [0.15, 0.2) is 0 Å². The number of halogens is 3. The van der Waals surface area contributed by atoms with Gasteiger partial charge in [0, 0.05) is 6.20 Å². The molecule has 1 rings (SSSR count). The summed E-state index contributed by atoms with van der Waals surface area (Å²) in [6.45, 7) is 0. The van der Waals surface area contributed by atoms with Crippen molar-refractivity contribution in [2.24, 2.45) is 0 Å². The molecule has 82 valence electrons. The topological polar surface area (TPSA) is 82.0 Å². The van der Waals surface area contributed by atoms with Crippen LogP contribution >= 0.6 is 0 Å². The van der Waals surface area contributed by atoms with E-state index in [1.165, 1.54) is 0 Å². The molecule has 2 N–H and O–H groups in total. The van der Waals surface area contributed by atoms with Gasteiger partial charge in [-0.3, -0.25) is 15.1 Å². The van der Waals surface area contributed by atoms with E-state index in [9.17, 15) is 23.3 Å². The van der Waals surface area contributed by atoms with Crippen molar-refractivity contribution in [3.63, 3.8) is 0 Å². The van der Waals surface area contributed by atoms with Crippen LogP contribution in [0.25, 0.3) is 0 Å². The number of rotatable bonds is 2. The van der Waals surface area contributed by atoms with Gasteiger partial charge in [0.05, 0.1) is 11.3 Å². The Morgan fingerprint density at radius 3 is 2.60 bits per heavy atom. The molecule has 1 aromatic heterocycles. The molecule has 0 saturated carbocycles. The molecule has 0 radical (unpaired) electrons. The van der Waals surface area contributed by atoms with Crippen molar-refractivity contribution in [3.05, 3.63) is 28.1 Å². The largest absolute Gasteiger partial charge is 0.394 e. The Morgan fingerprint density at radius 2 is 2.13 bits per heavy atom. The van der Waals surface area contributed by atoms with E-state index in [2.05, 4.69) is 4.98 Å². The highest BCUT2D eigenvalue weighted by Gasteiger charge is 2.33. The number of pyridine rings is 1. The van der Waals surface area contributed by atoms with Crippen LogP contribution in [0.1, 0.15) is 5.69 Å². The third kappa shape index (κ3) is 2.79. The van der Waals surface area contributed by atoms with E-state index < -0.39 is 28.9 Å². The van der Waals surface area contributed by atoms with E-state index in [-0.39, 0.29) is 5.69 Å². The quantitative estimate of drug-likeness (QED) is 0.608. The molecule has 1 aromatic rings. The van der Waals surface area contributed by atoms with Crippen LogP contribution in [0.3, 0.4) is 0 Å². The summed E-state index contributed by atoms with van der Waals surface area (Å²) in [4.78, 5) is 12.8. The lowest BCUT2D eigenvalue weighted by molar-refractivity contribution is -0.385. The van der Waals surface area contributed by atoms with Crippen LogP contribution in [0.4, 0.5) is 24.5 Å². The minimum atomic E-state index is -4.55. The number of nitrogens with two attached hydrogens (primary N) is 1. The lowest BCUT2D eigenvalue weighted by atomic mass is 10.2. The molecule has 0 fully saturated rings. The first kappa shape index (κ1) is 11.2. The minimum Gasteiger partial charge on any atom is -0.393 e. The molecule has 0 saturated heterocycles. The van der Waals surface area contributed by atoms with E-state index in [1.54, 1.807) is 0 Å². The average molecular weight is 221 g/mol. The summed E-state index contributed by atoms with van der Waals surface area (Å²) in [7, 11) is 0.